The average Bonchev–Trinajstić information content (AvgIpc) is 3.05. The predicted octanol–water partition coefficient (Wildman–Crippen LogP) is 0.115. The van der Waals surface area contributed by atoms with Gasteiger partial charge in [0.1, 0.15) is 0 Å². The van der Waals surface area contributed by atoms with Crippen LogP contribution in [-0.4, -0.2) is 64.1 Å². The summed E-state index contributed by atoms with van der Waals surface area (Å²) in [6.07, 6.45) is 3.33. The number of rotatable bonds is 4. The van der Waals surface area contributed by atoms with Gasteiger partial charge in [-0.3, -0.25) is 14.5 Å². The van der Waals surface area contributed by atoms with Gasteiger partial charge in [-0.05, 0) is 12.1 Å². The molecule has 2 aromatic rings. The lowest BCUT2D eigenvalue weighted by atomic mass is 10.2. The number of primary amides is 1. The molecule has 7 heteroatoms. The topological polar surface area (TPSA) is 84.5 Å². The molecule has 0 radical (unpaired) electrons. The third kappa shape index (κ3) is 3.57. The molecule has 2 N–H and O–H groups in total. The summed E-state index contributed by atoms with van der Waals surface area (Å²) < 4.78 is 1.69. The van der Waals surface area contributed by atoms with Crippen molar-refractivity contribution in [2.45, 2.75) is 0 Å². The van der Waals surface area contributed by atoms with Gasteiger partial charge in [-0.2, -0.15) is 5.10 Å². The molecule has 1 saturated heterocycles. The van der Waals surface area contributed by atoms with E-state index in [1.54, 1.807) is 22.0 Å². The number of benzene rings is 1. The highest BCUT2D eigenvalue weighted by Gasteiger charge is 2.23. The zero-order chi connectivity index (χ0) is 16.2. The number of aromatic nitrogens is 2. The molecule has 0 unspecified atom stereocenters. The zero-order valence-corrected chi connectivity index (χ0v) is 12.8. The summed E-state index contributed by atoms with van der Waals surface area (Å²) in [6.45, 7) is 2.72. The molecular weight excluding hydrogens is 294 g/mol. The molecule has 0 spiro atoms. The van der Waals surface area contributed by atoms with Gasteiger partial charge in [0.15, 0.2) is 0 Å². The number of hydrogen-bond donors (Lipinski definition) is 1. The van der Waals surface area contributed by atoms with Crippen LogP contribution < -0.4 is 5.73 Å². The molecule has 1 aromatic carbocycles. The highest BCUT2D eigenvalue weighted by Crippen LogP contribution is 2.11. The Labute approximate surface area is 134 Å². The maximum absolute atomic E-state index is 12.5. The third-order valence-corrected chi connectivity index (χ3v) is 3.89. The molecule has 0 atom stereocenters. The second-order valence-corrected chi connectivity index (χ2v) is 5.54. The molecule has 1 aliphatic heterocycles. The van der Waals surface area contributed by atoms with Crippen LogP contribution >= 0.6 is 0 Å². The second kappa shape index (κ2) is 6.62. The van der Waals surface area contributed by atoms with E-state index in [2.05, 4.69) is 5.10 Å². The molecular formula is C16H19N5O2. The molecule has 120 valence electrons. The summed E-state index contributed by atoms with van der Waals surface area (Å²) in [5.41, 5.74) is 6.68. The Kier molecular flexibility index (Phi) is 4.38. The average molecular weight is 313 g/mol. The molecule has 0 bridgehead atoms. The van der Waals surface area contributed by atoms with Crippen LogP contribution in [0.25, 0.3) is 5.69 Å². The first-order chi connectivity index (χ1) is 11.1. The molecule has 0 saturated carbocycles. The fourth-order valence-corrected chi connectivity index (χ4v) is 2.67. The van der Waals surface area contributed by atoms with E-state index in [0.717, 1.165) is 5.69 Å². The summed E-state index contributed by atoms with van der Waals surface area (Å²) in [5.74, 6) is -0.375. The van der Waals surface area contributed by atoms with Gasteiger partial charge in [0.25, 0.3) is 5.91 Å². The first-order valence-corrected chi connectivity index (χ1v) is 7.53. The summed E-state index contributed by atoms with van der Waals surface area (Å²) in [6, 6.07) is 9.66. The van der Waals surface area contributed by atoms with E-state index in [1.165, 1.54) is 0 Å². The van der Waals surface area contributed by atoms with Gasteiger partial charge in [0.05, 0.1) is 24.0 Å². The molecule has 7 nitrogen and oxygen atoms in total. The number of carbonyl (C=O) groups excluding carboxylic acids is 2. The second-order valence-electron chi connectivity index (χ2n) is 5.54. The van der Waals surface area contributed by atoms with E-state index >= 15 is 0 Å². The van der Waals surface area contributed by atoms with Gasteiger partial charge in [0.2, 0.25) is 5.91 Å². The summed E-state index contributed by atoms with van der Waals surface area (Å²) in [4.78, 5) is 27.2. The number of nitrogens with zero attached hydrogens (tertiary/aromatic N) is 4. The van der Waals surface area contributed by atoms with Gasteiger partial charge >= 0.3 is 0 Å². The van der Waals surface area contributed by atoms with Crippen LogP contribution in [0.1, 0.15) is 10.4 Å². The van der Waals surface area contributed by atoms with Crippen molar-refractivity contribution in [1.82, 2.24) is 19.6 Å². The van der Waals surface area contributed by atoms with E-state index in [1.807, 2.05) is 35.2 Å². The summed E-state index contributed by atoms with van der Waals surface area (Å²) >= 11 is 0. The number of carbonyl (C=O) groups is 2. The molecule has 1 aromatic heterocycles. The van der Waals surface area contributed by atoms with Gasteiger partial charge in [-0.25, -0.2) is 4.68 Å². The van der Waals surface area contributed by atoms with Crippen molar-refractivity contribution in [3.8, 4) is 5.69 Å². The van der Waals surface area contributed by atoms with E-state index in [4.69, 9.17) is 5.73 Å². The standard InChI is InChI=1S/C16H19N5O2/c17-15(22)12-19-6-8-20(9-7-19)16(23)13-10-18-21(11-13)14-4-2-1-3-5-14/h1-5,10-11H,6-9,12H2,(H2,17,22). The lowest BCUT2D eigenvalue weighted by Crippen LogP contribution is -2.50. The van der Waals surface area contributed by atoms with Gasteiger partial charge in [-0.15, -0.1) is 0 Å². The molecule has 3 rings (SSSR count). The summed E-state index contributed by atoms with van der Waals surface area (Å²) in [5, 5.41) is 4.25. The van der Waals surface area contributed by atoms with Crippen molar-refractivity contribution < 1.29 is 9.59 Å². The van der Waals surface area contributed by atoms with Crippen molar-refractivity contribution in [3.63, 3.8) is 0 Å². The van der Waals surface area contributed by atoms with E-state index < -0.39 is 0 Å². The summed E-state index contributed by atoms with van der Waals surface area (Å²) in [7, 11) is 0. The fourth-order valence-electron chi connectivity index (χ4n) is 2.67. The Bertz CT molecular complexity index is 690. The van der Waals surface area contributed by atoms with Crippen LogP contribution in [0.5, 0.6) is 0 Å². The Hall–Kier alpha value is -2.67. The van der Waals surface area contributed by atoms with Gasteiger partial charge in [0, 0.05) is 32.4 Å². The molecule has 23 heavy (non-hydrogen) atoms. The van der Waals surface area contributed by atoms with Crippen LogP contribution in [0.3, 0.4) is 0 Å². The normalized spacial score (nSPS) is 15.6. The molecule has 1 fully saturated rings. The van der Waals surface area contributed by atoms with Crippen molar-refractivity contribution in [2.75, 3.05) is 32.7 Å². The van der Waals surface area contributed by atoms with Crippen LogP contribution in [0.4, 0.5) is 0 Å². The van der Waals surface area contributed by atoms with Crippen molar-refractivity contribution in [2.24, 2.45) is 5.73 Å². The highest BCUT2D eigenvalue weighted by atomic mass is 16.2. The molecule has 1 aliphatic rings. The van der Waals surface area contributed by atoms with E-state index in [0.29, 0.717) is 31.7 Å². The van der Waals surface area contributed by atoms with Gasteiger partial charge in [-0.1, -0.05) is 18.2 Å². The maximum atomic E-state index is 12.5. The van der Waals surface area contributed by atoms with E-state index in [9.17, 15) is 9.59 Å². The first-order valence-electron chi connectivity index (χ1n) is 7.53. The number of amides is 2. The third-order valence-electron chi connectivity index (χ3n) is 3.89. The smallest absolute Gasteiger partial charge is 0.257 e. The largest absolute Gasteiger partial charge is 0.369 e. The number of nitrogens with two attached hydrogens (primary N) is 1. The zero-order valence-electron chi connectivity index (χ0n) is 12.8. The Morgan fingerprint density at radius 1 is 1.09 bits per heavy atom. The maximum Gasteiger partial charge on any atom is 0.257 e. The van der Waals surface area contributed by atoms with Crippen LogP contribution in [0.2, 0.25) is 0 Å². The highest BCUT2D eigenvalue weighted by molar-refractivity contribution is 5.94. The SMILES string of the molecule is NC(=O)CN1CCN(C(=O)c2cnn(-c3ccccc3)c2)CC1. The Balaban J connectivity index is 1.63. The minimum Gasteiger partial charge on any atom is -0.369 e. The Morgan fingerprint density at radius 2 is 1.78 bits per heavy atom. The number of piperazine rings is 1. The lowest BCUT2D eigenvalue weighted by molar-refractivity contribution is -0.119. The predicted molar refractivity (Wildman–Crippen MR) is 85.1 cm³/mol. The van der Waals surface area contributed by atoms with Crippen molar-refractivity contribution in [3.05, 3.63) is 48.3 Å². The van der Waals surface area contributed by atoms with Crippen LogP contribution in [0.15, 0.2) is 42.7 Å². The molecule has 2 heterocycles. The monoisotopic (exact) mass is 313 g/mol. The minimum atomic E-state index is -0.339. The van der Waals surface area contributed by atoms with Crippen molar-refractivity contribution in [1.29, 1.82) is 0 Å². The first kappa shape index (κ1) is 15.2. The fraction of sp³-hybridized carbons (Fsp3) is 0.312. The van der Waals surface area contributed by atoms with Crippen LogP contribution in [0, 0.1) is 0 Å². The number of para-hydroxylation sites is 1. The van der Waals surface area contributed by atoms with Crippen LogP contribution in [-0.2, 0) is 4.79 Å². The molecule has 2 amide bonds. The quantitative estimate of drug-likeness (QED) is 0.868. The minimum absolute atomic E-state index is 0.0362. The van der Waals surface area contributed by atoms with Gasteiger partial charge < -0.3 is 10.6 Å². The molecule has 0 aliphatic carbocycles. The lowest BCUT2D eigenvalue weighted by Gasteiger charge is -2.33. The number of hydrogen-bond acceptors (Lipinski definition) is 4. The van der Waals surface area contributed by atoms with Crippen molar-refractivity contribution >= 4 is 11.8 Å². The van der Waals surface area contributed by atoms with E-state index in [-0.39, 0.29) is 18.4 Å². The Morgan fingerprint density at radius 3 is 2.43 bits per heavy atom.